The number of esters is 1. The van der Waals surface area contributed by atoms with E-state index in [2.05, 4.69) is 5.16 Å². The van der Waals surface area contributed by atoms with Gasteiger partial charge in [0.1, 0.15) is 6.61 Å². The molecule has 0 saturated carbocycles. The number of carbonyl (C=O) groups is 1. The number of rotatable bonds is 4. The molecule has 4 heteroatoms. The van der Waals surface area contributed by atoms with E-state index in [0.29, 0.717) is 12.2 Å². The van der Waals surface area contributed by atoms with E-state index < -0.39 is 5.97 Å². The number of oxime groups is 1. The van der Waals surface area contributed by atoms with Crippen LogP contribution in [0.1, 0.15) is 18.1 Å². The van der Waals surface area contributed by atoms with Crippen molar-refractivity contribution < 1.29 is 14.4 Å². The summed E-state index contributed by atoms with van der Waals surface area (Å²) < 4.78 is 5.06. The zero-order valence-corrected chi connectivity index (χ0v) is 11.2. The van der Waals surface area contributed by atoms with Crippen molar-refractivity contribution in [1.82, 2.24) is 0 Å². The van der Waals surface area contributed by atoms with Crippen LogP contribution >= 0.6 is 0 Å². The summed E-state index contributed by atoms with van der Waals surface area (Å²) in [6, 6.07) is 18.8. The van der Waals surface area contributed by atoms with Gasteiger partial charge < -0.3 is 9.57 Å². The number of hydrogen-bond acceptors (Lipinski definition) is 4. The minimum Gasteiger partial charge on any atom is -0.404 e. The van der Waals surface area contributed by atoms with Crippen molar-refractivity contribution in [2.75, 3.05) is 0 Å². The fourth-order valence-electron chi connectivity index (χ4n) is 1.59. The molecule has 0 amide bonds. The summed E-state index contributed by atoms with van der Waals surface area (Å²) in [7, 11) is 0. The Morgan fingerprint density at radius 1 is 1.00 bits per heavy atom. The lowest BCUT2D eigenvalue weighted by Crippen LogP contribution is -2.11. The molecule has 0 aliphatic carbocycles. The Morgan fingerprint density at radius 3 is 2.20 bits per heavy atom. The van der Waals surface area contributed by atoms with Gasteiger partial charge in [-0.2, -0.15) is 0 Å². The van der Waals surface area contributed by atoms with E-state index in [1.165, 1.54) is 6.92 Å². The highest BCUT2D eigenvalue weighted by Gasteiger charge is 2.08. The summed E-state index contributed by atoms with van der Waals surface area (Å²) >= 11 is 0. The van der Waals surface area contributed by atoms with E-state index in [1.54, 1.807) is 12.1 Å². The van der Waals surface area contributed by atoms with Gasteiger partial charge in [-0.05, 0) is 22.9 Å². The molecule has 20 heavy (non-hydrogen) atoms. The Morgan fingerprint density at radius 2 is 1.60 bits per heavy atom. The van der Waals surface area contributed by atoms with Crippen molar-refractivity contribution in [1.29, 1.82) is 0 Å². The van der Waals surface area contributed by atoms with E-state index in [9.17, 15) is 4.79 Å². The van der Waals surface area contributed by atoms with Crippen LogP contribution in [-0.2, 0) is 21.0 Å². The van der Waals surface area contributed by atoms with Crippen LogP contribution in [0.15, 0.2) is 65.8 Å². The maximum atomic E-state index is 11.1. The number of carbonyl (C=O) groups excluding carboxylic acids is 1. The van der Waals surface area contributed by atoms with Crippen molar-refractivity contribution in [2.24, 2.45) is 5.16 Å². The average molecular weight is 269 g/mol. The minimum atomic E-state index is -0.434. The molecule has 0 aliphatic rings. The molecule has 0 radical (unpaired) electrons. The number of nitrogens with zero attached hydrogens (tertiary/aromatic N) is 1. The predicted molar refractivity (Wildman–Crippen MR) is 76.0 cm³/mol. The summed E-state index contributed by atoms with van der Waals surface area (Å²) in [5, 5.41) is 3.90. The summed E-state index contributed by atoms with van der Waals surface area (Å²) in [6.45, 7) is 1.65. The Bertz CT molecular complexity index is 579. The van der Waals surface area contributed by atoms with Crippen LogP contribution in [0.4, 0.5) is 0 Å². The first-order valence-corrected chi connectivity index (χ1v) is 6.23. The first-order chi connectivity index (χ1) is 9.75. The van der Waals surface area contributed by atoms with Gasteiger partial charge in [-0.25, -0.2) is 0 Å². The summed E-state index contributed by atoms with van der Waals surface area (Å²) in [4.78, 5) is 16.3. The molecule has 0 fully saturated rings. The fourth-order valence-corrected chi connectivity index (χ4v) is 1.59. The van der Waals surface area contributed by atoms with Crippen LogP contribution in [0, 0.1) is 0 Å². The third-order valence-corrected chi connectivity index (χ3v) is 2.48. The summed E-state index contributed by atoms with van der Waals surface area (Å²) in [5.41, 5.74) is 1.68. The molecule has 0 aliphatic heterocycles. The minimum absolute atomic E-state index is 0.161. The number of hydrogen-bond donors (Lipinski definition) is 0. The van der Waals surface area contributed by atoms with Crippen molar-refractivity contribution >= 4 is 11.9 Å². The molecule has 2 aromatic rings. The lowest BCUT2D eigenvalue weighted by Gasteiger charge is -2.06. The Balaban J connectivity index is 2.07. The average Bonchev–Trinajstić information content (AvgIpc) is 2.48. The fraction of sp³-hybridized carbons (Fsp3) is 0.125. The van der Waals surface area contributed by atoms with Crippen LogP contribution in [-0.4, -0.2) is 11.9 Å². The zero-order chi connectivity index (χ0) is 14.2. The largest absolute Gasteiger partial charge is 0.404 e. The monoisotopic (exact) mass is 269 g/mol. The maximum Gasteiger partial charge on any atom is 0.309 e. The first-order valence-electron chi connectivity index (χ1n) is 6.23. The molecule has 2 aromatic carbocycles. The number of benzene rings is 2. The normalized spacial score (nSPS) is 10.9. The van der Waals surface area contributed by atoms with Crippen LogP contribution < -0.4 is 0 Å². The molecule has 0 N–H and O–H groups in total. The molecule has 0 spiro atoms. The third kappa shape index (κ3) is 4.24. The molecule has 4 nitrogen and oxygen atoms in total. The van der Waals surface area contributed by atoms with E-state index in [0.717, 1.165) is 5.56 Å². The second kappa shape index (κ2) is 7.09. The molecular formula is C16H15NO3. The van der Waals surface area contributed by atoms with Crippen molar-refractivity contribution in [2.45, 2.75) is 13.5 Å². The van der Waals surface area contributed by atoms with Gasteiger partial charge in [0.25, 0.3) is 5.90 Å². The highest BCUT2D eigenvalue weighted by atomic mass is 16.7. The van der Waals surface area contributed by atoms with Gasteiger partial charge in [-0.15, -0.1) is 0 Å². The second-order valence-electron chi connectivity index (χ2n) is 4.12. The van der Waals surface area contributed by atoms with Gasteiger partial charge in [-0.1, -0.05) is 48.5 Å². The summed E-state index contributed by atoms with van der Waals surface area (Å²) in [5.74, 6) is -0.273. The molecule has 0 bridgehead atoms. The zero-order valence-electron chi connectivity index (χ0n) is 11.2. The molecule has 0 aromatic heterocycles. The molecular weight excluding hydrogens is 254 g/mol. The molecule has 0 saturated heterocycles. The molecule has 0 unspecified atom stereocenters. The van der Waals surface area contributed by atoms with Crippen LogP contribution in [0.25, 0.3) is 0 Å². The van der Waals surface area contributed by atoms with Crippen LogP contribution in [0.3, 0.4) is 0 Å². The van der Waals surface area contributed by atoms with Crippen molar-refractivity contribution in [3.8, 4) is 0 Å². The Kier molecular flexibility index (Phi) is 4.89. The topological polar surface area (TPSA) is 47.9 Å². The van der Waals surface area contributed by atoms with Gasteiger partial charge in [0.15, 0.2) is 0 Å². The highest BCUT2D eigenvalue weighted by Crippen LogP contribution is 2.06. The highest BCUT2D eigenvalue weighted by molar-refractivity contribution is 5.99. The van der Waals surface area contributed by atoms with E-state index in [1.807, 2.05) is 48.5 Å². The summed E-state index contributed by atoms with van der Waals surface area (Å²) in [6.07, 6.45) is 0. The quantitative estimate of drug-likeness (QED) is 0.371. The standard InChI is InChI=1S/C16H15NO3/c1-13(18)20-16(15-10-6-3-7-11-15)17-19-12-14-8-4-2-5-9-14/h2-11H,12H2,1H3/b17-16+. The third-order valence-electron chi connectivity index (χ3n) is 2.48. The van der Waals surface area contributed by atoms with Crippen LogP contribution in [0.5, 0.6) is 0 Å². The van der Waals surface area contributed by atoms with Gasteiger partial charge >= 0.3 is 5.97 Å². The molecule has 2 rings (SSSR count). The van der Waals surface area contributed by atoms with Crippen LogP contribution in [0.2, 0.25) is 0 Å². The van der Waals surface area contributed by atoms with E-state index in [4.69, 9.17) is 9.57 Å². The lowest BCUT2D eigenvalue weighted by molar-refractivity contribution is -0.133. The molecule has 102 valence electrons. The number of ether oxygens (including phenoxy) is 1. The van der Waals surface area contributed by atoms with Gasteiger partial charge in [0, 0.05) is 12.5 Å². The smallest absolute Gasteiger partial charge is 0.309 e. The first kappa shape index (κ1) is 13.8. The Labute approximate surface area is 117 Å². The van der Waals surface area contributed by atoms with E-state index >= 15 is 0 Å². The van der Waals surface area contributed by atoms with Crippen molar-refractivity contribution in [3.05, 3.63) is 71.8 Å². The van der Waals surface area contributed by atoms with E-state index in [-0.39, 0.29) is 5.90 Å². The Hall–Kier alpha value is -2.62. The van der Waals surface area contributed by atoms with Crippen molar-refractivity contribution in [3.63, 3.8) is 0 Å². The second-order valence-corrected chi connectivity index (χ2v) is 4.12. The van der Waals surface area contributed by atoms with Gasteiger partial charge in [-0.3, -0.25) is 4.79 Å². The predicted octanol–water partition coefficient (Wildman–Crippen LogP) is 3.13. The lowest BCUT2D eigenvalue weighted by atomic mass is 10.2. The maximum absolute atomic E-state index is 11.1. The molecule has 0 atom stereocenters. The van der Waals surface area contributed by atoms with Gasteiger partial charge in [0.2, 0.25) is 0 Å². The SMILES string of the molecule is CC(=O)O/C(=N/OCc1ccccc1)c1ccccc1. The van der Waals surface area contributed by atoms with Gasteiger partial charge in [0.05, 0.1) is 0 Å². The molecule has 0 heterocycles.